The van der Waals surface area contributed by atoms with Crippen molar-refractivity contribution in [3.05, 3.63) is 88.6 Å². The van der Waals surface area contributed by atoms with Gasteiger partial charge in [0, 0.05) is 0 Å². The van der Waals surface area contributed by atoms with Crippen LogP contribution < -0.4 is 9.80 Å². The van der Waals surface area contributed by atoms with Gasteiger partial charge in [-0.25, -0.2) is 0 Å². The van der Waals surface area contributed by atoms with Crippen molar-refractivity contribution < 1.29 is 20.6 Å². The van der Waals surface area contributed by atoms with Gasteiger partial charge in [-0.1, -0.05) is 0 Å². The van der Waals surface area contributed by atoms with Crippen LogP contribution >= 0.6 is 0 Å². The molecule has 2 aliphatic carbocycles. The maximum atomic E-state index is 2.66. The molecule has 2 nitrogen and oxygen atoms in total. The predicted molar refractivity (Wildman–Crippen MR) is 147 cm³/mol. The van der Waals surface area contributed by atoms with E-state index < -0.39 is 26.6 Å². The monoisotopic (exact) mass is 631 g/mol. The van der Waals surface area contributed by atoms with Crippen LogP contribution in [0.2, 0.25) is 13.1 Å². The molecule has 173 valence electrons. The van der Waals surface area contributed by atoms with Crippen LogP contribution in [0.25, 0.3) is 11.1 Å². The molecule has 2 aromatic carbocycles. The zero-order valence-corrected chi connectivity index (χ0v) is 26.5. The van der Waals surface area contributed by atoms with Crippen molar-refractivity contribution in [1.82, 2.24) is 0 Å². The van der Waals surface area contributed by atoms with E-state index in [0.717, 1.165) is 0 Å². The Balaban J connectivity index is 1.66. The molecule has 2 unspecified atom stereocenters. The molecule has 0 radical (unpaired) electrons. The van der Waals surface area contributed by atoms with E-state index >= 15 is 0 Å². The van der Waals surface area contributed by atoms with Gasteiger partial charge in [-0.3, -0.25) is 0 Å². The third-order valence-electron chi connectivity index (χ3n) is 8.88. The minimum atomic E-state index is -2.42. The van der Waals surface area contributed by atoms with Crippen LogP contribution in [0.4, 0.5) is 11.4 Å². The summed E-state index contributed by atoms with van der Waals surface area (Å²) >= 11 is -2.42. The van der Waals surface area contributed by atoms with Gasteiger partial charge in [0.15, 0.2) is 0 Å². The molecule has 0 spiro atoms. The first-order valence-electron chi connectivity index (χ1n) is 12.6. The molecule has 0 N–H and O–H groups in total. The molecule has 0 fully saturated rings. The summed E-state index contributed by atoms with van der Waals surface area (Å²) in [6, 6.07) is 19.2. The van der Waals surface area contributed by atoms with Crippen molar-refractivity contribution in [2.45, 2.75) is 52.9 Å². The quantitative estimate of drug-likeness (QED) is 0.347. The van der Waals surface area contributed by atoms with Crippen LogP contribution in [0, 0.1) is 0 Å². The van der Waals surface area contributed by atoms with Crippen LogP contribution in [0.1, 0.15) is 38.8 Å². The van der Waals surface area contributed by atoms with Gasteiger partial charge >= 0.3 is 214 Å². The standard InChI is InChI=1S/2C14H14N.C2H7Si.Hf/c2*1-9-8-12-11-6-4-5-7-13(11)15(3)14(12)10(9)2;1-3-2;/h2*4-7,14H,1-3H3;3H,1-2H3;. The molecule has 6 rings (SSSR count). The number of rotatable bonds is 3. The van der Waals surface area contributed by atoms with Crippen molar-refractivity contribution in [1.29, 1.82) is 0 Å². The van der Waals surface area contributed by atoms with Gasteiger partial charge in [-0.05, 0) is 0 Å². The number of hydrogen-bond donors (Lipinski definition) is 0. The van der Waals surface area contributed by atoms with Gasteiger partial charge in [0.25, 0.3) is 0 Å². The second-order valence-corrected chi connectivity index (χ2v) is 36.9. The second-order valence-electron chi connectivity index (χ2n) is 10.8. The summed E-state index contributed by atoms with van der Waals surface area (Å²) in [4.78, 5) is 5.09. The molecule has 2 aromatic rings. The number of anilines is 2. The fourth-order valence-electron chi connectivity index (χ4n) is 7.14. The predicted octanol–water partition coefficient (Wildman–Crippen LogP) is 6.75. The van der Waals surface area contributed by atoms with E-state index in [9.17, 15) is 0 Å². The van der Waals surface area contributed by atoms with Crippen molar-refractivity contribution in [3.63, 3.8) is 0 Å². The third kappa shape index (κ3) is 2.76. The Morgan fingerprint density at radius 2 is 1.03 bits per heavy atom. The Labute approximate surface area is 213 Å². The van der Waals surface area contributed by atoms with Gasteiger partial charge in [0.1, 0.15) is 0 Å². The van der Waals surface area contributed by atoms with E-state index in [1.165, 1.54) is 22.5 Å². The molecule has 34 heavy (non-hydrogen) atoms. The van der Waals surface area contributed by atoms with Gasteiger partial charge in [0.05, 0.1) is 0 Å². The Hall–Kier alpha value is -1.91. The Morgan fingerprint density at radius 1 is 0.647 bits per heavy atom. The van der Waals surface area contributed by atoms with Gasteiger partial charge in [-0.2, -0.15) is 0 Å². The van der Waals surface area contributed by atoms with Crippen LogP contribution in [0.3, 0.4) is 0 Å². The molecule has 4 aliphatic rings. The Morgan fingerprint density at radius 3 is 1.41 bits per heavy atom. The molecule has 0 saturated carbocycles. The fourth-order valence-corrected chi connectivity index (χ4v) is 36.1. The summed E-state index contributed by atoms with van der Waals surface area (Å²) in [5.41, 5.74) is 15.6. The Bertz CT molecular complexity index is 1270. The summed E-state index contributed by atoms with van der Waals surface area (Å²) in [6.07, 6.45) is 0. The average molecular weight is 630 g/mol. The van der Waals surface area contributed by atoms with Gasteiger partial charge in [0.2, 0.25) is 0 Å². The first kappa shape index (κ1) is 22.5. The number of nitrogens with zero attached hydrogens (tertiary/aromatic N) is 2. The molecule has 0 aromatic heterocycles. The molecule has 2 aliphatic heterocycles. The third-order valence-corrected chi connectivity index (χ3v) is 35.7. The molecule has 2 atom stereocenters. The van der Waals surface area contributed by atoms with E-state index in [-0.39, 0.29) is 0 Å². The summed E-state index contributed by atoms with van der Waals surface area (Å²) in [5.74, 6) is -0.904. The van der Waals surface area contributed by atoms with Crippen molar-refractivity contribution in [2.24, 2.45) is 0 Å². The first-order chi connectivity index (χ1) is 16.3. The van der Waals surface area contributed by atoms with E-state index in [0.29, 0.717) is 12.1 Å². The normalized spacial score (nSPS) is 23.0. The molecule has 0 bridgehead atoms. The summed E-state index contributed by atoms with van der Waals surface area (Å²) in [7, 11) is 4.61. The van der Waals surface area contributed by atoms with Crippen molar-refractivity contribution in [2.75, 3.05) is 23.9 Å². The van der Waals surface area contributed by atoms with Crippen LogP contribution in [-0.2, 0) is 20.6 Å². The van der Waals surface area contributed by atoms with Gasteiger partial charge in [-0.15, -0.1) is 0 Å². The first-order valence-corrected chi connectivity index (χ1v) is 25.3. The molecule has 4 heteroatoms. The summed E-state index contributed by atoms with van der Waals surface area (Å²) < 4.78 is 3.71. The number of para-hydroxylation sites is 2. The van der Waals surface area contributed by atoms with Crippen LogP contribution in [0.15, 0.2) is 77.5 Å². The van der Waals surface area contributed by atoms with Crippen molar-refractivity contribution in [3.8, 4) is 0 Å². The Kier molecular flexibility index (Phi) is 5.17. The number of allylic oxidation sites excluding steroid dienone is 4. The fraction of sp³-hybridized carbons (Fsp3) is 0.333. The zero-order valence-electron chi connectivity index (χ0n) is 21.7. The number of benzene rings is 2. The maximum absolute atomic E-state index is 2.66. The summed E-state index contributed by atoms with van der Waals surface area (Å²) in [5, 5.41) is 0. The minimum absolute atomic E-state index is 0.437. The van der Waals surface area contributed by atoms with Crippen molar-refractivity contribution >= 4 is 28.5 Å². The topological polar surface area (TPSA) is 6.48 Å². The number of likely N-dealkylation sites (N-methyl/N-ethyl adjacent to an activating group) is 2. The molecular weight excluding hydrogens is 595 g/mol. The van der Waals surface area contributed by atoms with E-state index in [4.69, 9.17) is 0 Å². The zero-order chi connectivity index (χ0) is 24.0. The number of fused-ring (bicyclic) bond motifs is 6. The molecular formula is C30H35HfN2Si. The van der Waals surface area contributed by atoms with Gasteiger partial charge < -0.3 is 0 Å². The molecule has 0 saturated heterocycles. The van der Waals surface area contributed by atoms with E-state index in [2.05, 4.69) is 113 Å². The average Bonchev–Trinajstić information content (AvgIpc) is 3.46. The second kappa shape index (κ2) is 7.79. The van der Waals surface area contributed by atoms with Crippen LogP contribution in [-0.4, -0.2) is 32.2 Å². The molecule has 2 heterocycles. The number of hydrogen-bond acceptors (Lipinski definition) is 2. The molecule has 0 amide bonds. The van der Waals surface area contributed by atoms with E-state index in [1.807, 2.05) is 6.66 Å². The summed E-state index contributed by atoms with van der Waals surface area (Å²) in [6.45, 7) is 15.0. The SMILES string of the molecule is CC1=C(C)C2C(=[C]1[Hf]([C]1=C3c4ccccc4N(C)C3C(C)=C1C)[SiH](C)C)c1ccccc1N2C. The van der Waals surface area contributed by atoms with E-state index in [1.54, 1.807) is 33.4 Å². The van der Waals surface area contributed by atoms with Crippen LogP contribution in [0.5, 0.6) is 0 Å².